The molecule has 4 rings (SSSR count). The third kappa shape index (κ3) is 4.43. The molecule has 0 bridgehead atoms. The summed E-state index contributed by atoms with van der Waals surface area (Å²) in [5.41, 5.74) is 16.7. The van der Waals surface area contributed by atoms with Crippen LogP contribution in [0.4, 0.5) is 0 Å². The SMILES string of the molecule is CN1CCC(c2c(C(N)=O)cc(-c3ccccc3)c(C3CCN(C)CC3)c2C(N)=O)CC1. The van der Waals surface area contributed by atoms with E-state index in [2.05, 4.69) is 23.9 Å². The van der Waals surface area contributed by atoms with E-state index >= 15 is 0 Å². The molecule has 0 saturated carbocycles. The second kappa shape index (κ2) is 9.43. The molecule has 0 aromatic heterocycles. The fraction of sp³-hybridized carbons (Fsp3) is 0.462. The number of carbonyl (C=O) groups is 2. The average Bonchev–Trinajstić information content (AvgIpc) is 2.79. The number of likely N-dealkylation sites (tertiary alicyclic amines) is 2. The smallest absolute Gasteiger partial charge is 0.249 e. The molecule has 4 N–H and O–H groups in total. The van der Waals surface area contributed by atoms with Crippen molar-refractivity contribution in [2.45, 2.75) is 37.5 Å². The van der Waals surface area contributed by atoms with Crippen molar-refractivity contribution in [3.05, 3.63) is 58.7 Å². The lowest BCUT2D eigenvalue weighted by molar-refractivity contribution is 0.0996. The van der Waals surface area contributed by atoms with Gasteiger partial charge in [0.25, 0.3) is 0 Å². The highest BCUT2D eigenvalue weighted by Gasteiger charge is 2.34. The number of rotatable bonds is 5. The van der Waals surface area contributed by atoms with Gasteiger partial charge in [-0.15, -0.1) is 0 Å². The predicted octanol–water partition coefficient (Wildman–Crippen LogP) is 3.17. The molecule has 2 heterocycles. The van der Waals surface area contributed by atoms with Crippen molar-refractivity contribution in [1.29, 1.82) is 0 Å². The standard InChI is InChI=1S/C26H34N4O2/c1-29-12-8-18(9-13-29)22-20(17-6-4-3-5-7-17)16-21(25(27)31)23(24(22)26(28)32)19-10-14-30(2)15-11-19/h3-7,16,18-19H,8-15H2,1-2H3,(H2,27,31)(H2,28,32). The minimum atomic E-state index is -0.492. The van der Waals surface area contributed by atoms with Crippen LogP contribution in [-0.4, -0.2) is 61.9 Å². The molecule has 2 aliphatic heterocycles. The van der Waals surface area contributed by atoms with Crippen LogP contribution >= 0.6 is 0 Å². The summed E-state index contributed by atoms with van der Waals surface area (Å²) in [5, 5.41) is 0. The lowest BCUT2D eigenvalue weighted by Crippen LogP contribution is -2.34. The van der Waals surface area contributed by atoms with E-state index in [1.54, 1.807) is 0 Å². The summed E-state index contributed by atoms with van der Waals surface area (Å²) in [5.74, 6) is -0.622. The molecule has 0 spiro atoms. The second-order valence-corrected chi connectivity index (χ2v) is 9.42. The van der Waals surface area contributed by atoms with Crippen LogP contribution < -0.4 is 11.5 Å². The number of nitrogens with two attached hydrogens (primary N) is 2. The van der Waals surface area contributed by atoms with E-state index in [9.17, 15) is 9.59 Å². The minimum absolute atomic E-state index is 0.103. The van der Waals surface area contributed by atoms with Crippen molar-refractivity contribution in [1.82, 2.24) is 9.80 Å². The molecule has 32 heavy (non-hydrogen) atoms. The first-order valence-corrected chi connectivity index (χ1v) is 11.6. The maximum Gasteiger partial charge on any atom is 0.249 e. The van der Waals surface area contributed by atoms with E-state index in [1.807, 2.05) is 36.4 Å². The summed E-state index contributed by atoms with van der Waals surface area (Å²) in [6.45, 7) is 3.78. The Kier molecular flexibility index (Phi) is 6.63. The lowest BCUT2D eigenvalue weighted by atomic mass is 9.74. The minimum Gasteiger partial charge on any atom is -0.366 e. The number of hydrogen-bond acceptors (Lipinski definition) is 4. The van der Waals surface area contributed by atoms with E-state index in [1.165, 1.54) is 0 Å². The van der Waals surface area contributed by atoms with Crippen molar-refractivity contribution in [3.8, 4) is 11.1 Å². The molecule has 6 heteroatoms. The molecule has 170 valence electrons. The normalized spacial score (nSPS) is 19.2. The fourth-order valence-electron chi connectivity index (χ4n) is 5.48. The monoisotopic (exact) mass is 434 g/mol. The Morgan fingerprint density at radius 1 is 0.781 bits per heavy atom. The number of primary amides is 2. The third-order valence-corrected chi connectivity index (χ3v) is 7.26. The second-order valence-electron chi connectivity index (χ2n) is 9.42. The van der Waals surface area contributed by atoms with Crippen molar-refractivity contribution < 1.29 is 9.59 Å². The predicted molar refractivity (Wildman–Crippen MR) is 128 cm³/mol. The van der Waals surface area contributed by atoms with Crippen molar-refractivity contribution in [3.63, 3.8) is 0 Å². The summed E-state index contributed by atoms with van der Waals surface area (Å²) in [4.78, 5) is 30.3. The van der Waals surface area contributed by atoms with Gasteiger partial charge >= 0.3 is 0 Å². The molecule has 2 aromatic rings. The van der Waals surface area contributed by atoms with Crippen LogP contribution in [0.15, 0.2) is 36.4 Å². The van der Waals surface area contributed by atoms with Crippen LogP contribution in [0.2, 0.25) is 0 Å². The van der Waals surface area contributed by atoms with Crippen LogP contribution in [0.1, 0.15) is 69.4 Å². The van der Waals surface area contributed by atoms with E-state index in [0.29, 0.717) is 11.1 Å². The quantitative estimate of drug-likeness (QED) is 0.756. The van der Waals surface area contributed by atoms with E-state index in [4.69, 9.17) is 11.5 Å². The zero-order chi connectivity index (χ0) is 22.8. The van der Waals surface area contributed by atoms with Crippen LogP contribution in [0.25, 0.3) is 11.1 Å². The molecule has 2 amide bonds. The summed E-state index contributed by atoms with van der Waals surface area (Å²) in [6, 6.07) is 11.9. The van der Waals surface area contributed by atoms with Gasteiger partial charge in [0.15, 0.2) is 0 Å². The molecule has 2 saturated heterocycles. The highest BCUT2D eigenvalue weighted by molar-refractivity contribution is 6.05. The zero-order valence-corrected chi connectivity index (χ0v) is 19.1. The summed E-state index contributed by atoms with van der Waals surface area (Å²) in [7, 11) is 4.23. The van der Waals surface area contributed by atoms with Gasteiger partial charge < -0.3 is 21.3 Å². The molecule has 2 fully saturated rings. The highest BCUT2D eigenvalue weighted by Crippen LogP contribution is 2.43. The Morgan fingerprint density at radius 3 is 1.75 bits per heavy atom. The van der Waals surface area contributed by atoms with Gasteiger partial charge in [-0.2, -0.15) is 0 Å². The number of carbonyl (C=O) groups excluding carboxylic acids is 2. The molecule has 0 atom stereocenters. The van der Waals surface area contributed by atoms with Gasteiger partial charge in [0, 0.05) is 11.1 Å². The lowest BCUT2D eigenvalue weighted by Gasteiger charge is -2.35. The topological polar surface area (TPSA) is 92.7 Å². The number of benzene rings is 2. The van der Waals surface area contributed by atoms with Gasteiger partial charge in [-0.25, -0.2) is 0 Å². The zero-order valence-electron chi connectivity index (χ0n) is 19.1. The number of nitrogens with zero attached hydrogens (tertiary/aromatic N) is 2. The molecule has 2 aliphatic rings. The molecular weight excluding hydrogens is 400 g/mol. The first-order valence-electron chi connectivity index (χ1n) is 11.6. The van der Waals surface area contributed by atoms with Crippen molar-refractivity contribution >= 4 is 11.8 Å². The molecule has 2 aromatic carbocycles. The maximum atomic E-state index is 13.1. The summed E-state index contributed by atoms with van der Waals surface area (Å²) in [6.07, 6.45) is 3.68. The average molecular weight is 435 g/mol. The molecule has 6 nitrogen and oxygen atoms in total. The van der Waals surface area contributed by atoms with Crippen molar-refractivity contribution in [2.75, 3.05) is 40.3 Å². The summed E-state index contributed by atoms with van der Waals surface area (Å²) < 4.78 is 0. The Bertz CT molecular complexity index is 989. The molecule has 0 aliphatic carbocycles. The Balaban J connectivity index is 1.98. The Hall–Kier alpha value is -2.70. The van der Waals surface area contributed by atoms with Gasteiger partial charge in [0.1, 0.15) is 0 Å². The maximum absolute atomic E-state index is 13.1. The van der Waals surface area contributed by atoms with Gasteiger partial charge in [-0.3, -0.25) is 9.59 Å². The largest absolute Gasteiger partial charge is 0.366 e. The number of hydrogen-bond donors (Lipinski definition) is 2. The number of piperidine rings is 2. The Labute approximate surface area is 190 Å². The van der Waals surface area contributed by atoms with E-state index < -0.39 is 11.8 Å². The van der Waals surface area contributed by atoms with Gasteiger partial charge in [-0.1, -0.05) is 30.3 Å². The molecular formula is C26H34N4O2. The molecule has 0 unspecified atom stereocenters. The van der Waals surface area contributed by atoms with Crippen LogP contribution in [-0.2, 0) is 0 Å². The van der Waals surface area contributed by atoms with Gasteiger partial charge in [0.05, 0.1) is 0 Å². The van der Waals surface area contributed by atoms with Crippen LogP contribution in [0.3, 0.4) is 0 Å². The fourth-order valence-corrected chi connectivity index (χ4v) is 5.48. The van der Waals surface area contributed by atoms with Gasteiger partial charge in [0.2, 0.25) is 11.8 Å². The summed E-state index contributed by atoms with van der Waals surface area (Å²) >= 11 is 0. The molecule has 0 radical (unpaired) electrons. The van der Waals surface area contributed by atoms with Crippen molar-refractivity contribution in [2.24, 2.45) is 11.5 Å². The first-order chi connectivity index (χ1) is 15.4. The third-order valence-electron chi connectivity index (χ3n) is 7.26. The Morgan fingerprint density at radius 2 is 1.28 bits per heavy atom. The van der Waals surface area contributed by atoms with Crippen LogP contribution in [0.5, 0.6) is 0 Å². The van der Waals surface area contributed by atoms with E-state index in [-0.39, 0.29) is 11.8 Å². The first kappa shape index (κ1) is 22.5. The number of amides is 2. The van der Waals surface area contributed by atoms with Crippen LogP contribution in [0, 0.1) is 0 Å². The van der Waals surface area contributed by atoms with Gasteiger partial charge in [-0.05, 0) is 106 Å². The van der Waals surface area contributed by atoms with E-state index in [0.717, 1.165) is 74.1 Å². The highest BCUT2D eigenvalue weighted by atomic mass is 16.1.